The summed E-state index contributed by atoms with van der Waals surface area (Å²) in [6, 6.07) is 3.07. The van der Waals surface area contributed by atoms with E-state index in [-0.39, 0.29) is 30.7 Å². The second-order valence-corrected chi connectivity index (χ2v) is 4.45. The molecule has 1 aromatic rings. The zero-order valence-electron chi connectivity index (χ0n) is 12.2. The molecule has 1 rings (SSSR count). The van der Waals surface area contributed by atoms with Gasteiger partial charge in [-0.25, -0.2) is 8.78 Å². The molecule has 0 fully saturated rings. The van der Waals surface area contributed by atoms with Crippen LogP contribution < -0.4 is 10.1 Å². The van der Waals surface area contributed by atoms with Gasteiger partial charge >= 0.3 is 0 Å². The molecule has 0 atom stereocenters. The molecule has 21 heavy (non-hydrogen) atoms. The molecule has 0 aliphatic heterocycles. The summed E-state index contributed by atoms with van der Waals surface area (Å²) in [6.45, 7) is 4.13. The molecular weight excluding hydrogens is 276 g/mol. The summed E-state index contributed by atoms with van der Waals surface area (Å²) < 4.78 is 31.0. The highest BCUT2D eigenvalue weighted by Crippen LogP contribution is 2.17. The Labute approximate surface area is 123 Å². The van der Waals surface area contributed by atoms with Crippen molar-refractivity contribution >= 4 is 5.91 Å². The molecular formula is C16H19F2NO2. The van der Waals surface area contributed by atoms with E-state index in [0.29, 0.717) is 0 Å². The first kappa shape index (κ1) is 17.0. The summed E-state index contributed by atoms with van der Waals surface area (Å²) in [5.41, 5.74) is 0. The zero-order chi connectivity index (χ0) is 15.7. The lowest BCUT2D eigenvalue weighted by Crippen LogP contribution is -2.30. The number of carbonyl (C=O) groups excluding carboxylic acids is 1. The number of nitrogens with one attached hydrogen (secondary N) is 1. The largest absolute Gasteiger partial charge is 0.478 e. The Hall–Kier alpha value is -2.09. The van der Waals surface area contributed by atoms with Crippen LogP contribution in [-0.2, 0) is 4.79 Å². The molecule has 0 bridgehead atoms. The lowest BCUT2D eigenvalue weighted by atomic mass is 10.0. The van der Waals surface area contributed by atoms with Crippen molar-refractivity contribution in [3.05, 3.63) is 29.8 Å². The van der Waals surface area contributed by atoms with Gasteiger partial charge in [0.1, 0.15) is 12.4 Å². The number of amides is 1. The van der Waals surface area contributed by atoms with E-state index in [0.717, 1.165) is 25.0 Å². The van der Waals surface area contributed by atoms with Crippen LogP contribution in [0.25, 0.3) is 0 Å². The van der Waals surface area contributed by atoms with Gasteiger partial charge < -0.3 is 10.1 Å². The molecule has 0 aliphatic rings. The Morgan fingerprint density at radius 3 is 2.62 bits per heavy atom. The lowest BCUT2D eigenvalue weighted by molar-refractivity contribution is -0.124. The van der Waals surface area contributed by atoms with Gasteiger partial charge in [0.05, 0.1) is 6.54 Å². The minimum atomic E-state index is -0.765. The molecule has 114 valence electrons. The maximum atomic E-state index is 13.2. The molecule has 0 saturated carbocycles. The van der Waals surface area contributed by atoms with Crippen molar-refractivity contribution in [1.82, 2.24) is 5.32 Å². The summed E-state index contributed by atoms with van der Waals surface area (Å²) in [6.07, 6.45) is 1.59. The van der Waals surface area contributed by atoms with Gasteiger partial charge in [0.25, 0.3) is 0 Å². The molecule has 3 nitrogen and oxygen atoms in total. The number of halogens is 2. The van der Waals surface area contributed by atoms with E-state index in [9.17, 15) is 13.6 Å². The summed E-state index contributed by atoms with van der Waals surface area (Å²) in [4.78, 5) is 11.6. The highest BCUT2D eigenvalue weighted by Gasteiger charge is 2.12. The van der Waals surface area contributed by atoms with Crippen LogP contribution in [0.3, 0.4) is 0 Å². The topological polar surface area (TPSA) is 38.3 Å². The SMILES string of the molecule is CCC(CC)C(=O)NCC#CCOc1ccc(F)cc1F. The van der Waals surface area contributed by atoms with Crippen molar-refractivity contribution in [2.75, 3.05) is 13.2 Å². The van der Waals surface area contributed by atoms with Gasteiger partial charge in [-0.15, -0.1) is 0 Å². The van der Waals surface area contributed by atoms with Crippen LogP contribution >= 0.6 is 0 Å². The maximum absolute atomic E-state index is 13.2. The number of hydrogen-bond donors (Lipinski definition) is 1. The molecule has 1 aromatic carbocycles. The van der Waals surface area contributed by atoms with Crippen LogP contribution in [0.5, 0.6) is 5.75 Å². The van der Waals surface area contributed by atoms with E-state index in [2.05, 4.69) is 17.2 Å². The van der Waals surface area contributed by atoms with Crippen molar-refractivity contribution in [2.45, 2.75) is 26.7 Å². The molecule has 0 aromatic heterocycles. The molecule has 5 heteroatoms. The Bertz CT molecular complexity index is 531. The summed E-state index contributed by atoms with van der Waals surface area (Å²) in [5.74, 6) is 3.90. The average Bonchev–Trinajstić information content (AvgIpc) is 2.46. The standard InChI is InChI=1S/C16H19F2NO2/c1-3-12(4-2)16(20)19-9-5-6-10-21-15-8-7-13(17)11-14(15)18/h7-8,11-12H,3-4,9-10H2,1-2H3,(H,19,20). The van der Waals surface area contributed by atoms with E-state index in [4.69, 9.17) is 4.74 Å². The Kier molecular flexibility index (Phi) is 7.24. The second kappa shape index (κ2) is 8.96. The van der Waals surface area contributed by atoms with Crippen LogP contribution in [0, 0.1) is 29.4 Å². The monoisotopic (exact) mass is 295 g/mol. The van der Waals surface area contributed by atoms with Gasteiger partial charge in [-0.05, 0) is 25.0 Å². The Balaban J connectivity index is 2.32. The second-order valence-electron chi connectivity index (χ2n) is 4.45. The molecule has 0 saturated heterocycles. The zero-order valence-corrected chi connectivity index (χ0v) is 12.2. The Morgan fingerprint density at radius 2 is 2.00 bits per heavy atom. The third-order valence-electron chi connectivity index (χ3n) is 3.03. The van der Waals surface area contributed by atoms with E-state index in [1.165, 1.54) is 6.07 Å². The van der Waals surface area contributed by atoms with Gasteiger partial charge in [0, 0.05) is 12.0 Å². The van der Waals surface area contributed by atoms with Gasteiger partial charge in [0.2, 0.25) is 5.91 Å². The van der Waals surface area contributed by atoms with E-state index in [1.54, 1.807) is 0 Å². The van der Waals surface area contributed by atoms with Crippen molar-refractivity contribution in [1.29, 1.82) is 0 Å². The predicted molar refractivity (Wildman–Crippen MR) is 76.7 cm³/mol. The highest BCUT2D eigenvalue weighted by molar-refractivity contribution is 5.78. The Morgan fingerprint density at radius 1 is 1.29 bits per heavy atom. The molecule has 0 spiro atoms. The highest BCUT2D eigenvalue weighted by atomic mass is 19.1. The number of hydrogen-bond acceptors (Lipinski definition) is 2. The molecule has 0 heterocycles. The lowest BCUT2D eigenvalue weighted by Gasteiger charge is -2.10. The molecule has 0 aliphatic carbocycles. The van der Waals surface area contributed by atoms with E-state index in [1.807, 2.05) is 13.8 Å². The molecule has 1 amide bonds. The third kappa shape index (κ3) is 5.82. The number of ether oxygens (including phenoxy) is 1. The fraction of sp³-hybridized carbons (Fsp3) is 0.438. The predicted octanol–water partition coefficient (Wildman–Crippen LogP) is 2.90. The molecule has 1 N–H and O–H groups in total. The number of carbonyl (C=O) groups is 1. The first-order chi connectivity index (χ1) is 10.1. The number of rotatable bonds is 6. The third-order valence-corrected chi connectivity index (χ3v) is 3.03. The van der Waals surface area contributed by atoms with Crippen molar-refractivity contribution in [3.63, 3.8) is 0 Å². The van der Waals surface area contributed by atoms with Gasteiger partial charge in [-0.3, -0.25) is 4.79 Å². The molecule has 0 radical (unpaired) electrons. The number of benzene rings is 1. The van der Waals surface area contributed by atoms with Crippen molar-refractivity contribution in [2.24, 2.45) is 5.92 Å². The minimum Gasteiger partial charge on any atom is -0.478 e. The van der Waals surface area contributed by atoms with Crippen LogP contribution in [0.4, 0.5) is 8.78 Å². The normalized spacial score (nSPS) is 9.95. The van der Waals surface area contributed by atoms with Gasteiger partial charge in [-0.2, -0.15) is 0 Å². The van der Waals surface area contributed by atoms with Crippen LogP contribution in [0.15, 0.2) is 18.2 Å². The summed E-state index contributed by atoms with van der Waals surface area (Å²) >= 11 is 0. The fourth-order valence-electron chi connectivity index (χ4n) is 1.75. The average molecular weight is 295 g/mol. The van der Waals surface area contributed by atoms with Crippen LogP contribution in [0.2, 0.25) is 0 Å². The summed E-state index contributed by atoms with van der Waals surface area (Å²) in [5, 5.41) is 2.71. The minimum absolute atomic E-state index is 0.0105. The molecule has 0 unspecified atom stereocenters. The van der Waals surface area contributed by atoms with Gasteiger partial charge in [0.15, 0.2) is 11.6 Å². The van der Waals surface area contributed by atoms with Crippen molar-refractivity contribution in [3.8, 4) is 17.6 Å². The van der Waals surface area contributed by atoms with Crippen molar-refractivity contribution < 1.29 is 18.3 Å². The quantitative estimate of drug-likeness (QED) is 0.820. The van der Waals surface area contributed by atoms with Crippen LogP contribution in [0.1, 0.15) is 26.7 Å². The first-order valence-electron chi connectivity index (χ1n) is 6.89. The van der Waals surface area contributed by atoms with Crippen LogP contribution in [-0.4, -0.2) is 19.1 Å². The maximum Gasteiger partial charge on any atom is 0.223 e. The summed E-state index contributed by atoms with van der Waals surface area (Å²) in [7, 11) is 0. The first-order valence-corrected chi connectivity index (χ1v) is 6.89. The van der Waals surface area contributed by atoms with E-state index < -0.39 is 11.6 Å². The van der Waals surface area contributed by atoms with Gasteiger partial charge in [-0.1, -0.05) is 25.7 Å². The fourth-order valence-corrected chi connectivity index (χ4v) is 1.75. The smallest absolute Gasteiger partial charge is 0.223 e. The van der Waals surface area contributed by atoms with E-state index >= 15 is 0 Å².